The van der Waals surface area contributed by atoms with E-state index in [4.69, 9.17) is 4.74 Å². The molecule has 70 valence electrons. The van der Waals surface area contributed by atoms with Crippen LogP contribution in [0.3, 0.4) is 0 Å². The second kappa shape index (κ2) is 3.56. The zero-order valence-electron chi connectivity index (χ0n) is 8.22. The number of hydrogen-bond acceptors (Lipinski definition) is 2. The molecule has 0 spiro atoms. The monoisotopic (exact) mass is 170 g/mol. The van der Waals surface area contributed by atoms with E-state index >= 15 is 0 Å². The Labute approximate surface area is 74.3 Å². The highest BCUT2D eigenvalue weighted by Gasteiger charge is 2.31. The van der Waals surface area contributed by atoms with Gasteiger partial charge < -0.3 is 4.74 Å². The molecule has 1 fully saturated rings. The first-order valence-corrected chi connectivity index (χ1v) is 4.72. The third-order valence-corrected chi connectivity index (χ3v) is 2.50. The van der Waals surface area contributed by atoms with Gasteiger partial charge in [-0.2, -0.15) is 0 Å². The summed E-state index contributed by atoms with van der Waals surface area (Å²) in [4.78, 5) is 11.4. The Balaban J connectivity index is 2.52. The van der Waals surface area contributed by atoms with Crippen molar-refractivity contribution in [3.63, 3.8) is 0 Å². The second-order valence-electron chi connectivity index (χ2n) is 4.12. The molecule has 0 N–H and O–H groups in total. The highest BCUT2D eigenvalue weighted by molar-refractivity contribution is 5.80. The Hall–Kier alpha value is -0.370. The molecular weight excluding hydrogens is 152 g/mol. The van der Waals surface area contributed by atoms with Gasteiger partial charge in [0.15, 0.2) is 0 Å². The van der Waals surface area contributed by atoms with Crippen molar-refractivity contribution in [2.45, 2.75) is 45.6 Å². The van der Waals surface area contributed by atoms with E-state index in [1.165, 1.54) is 0 Å². The molecule has 1 aliphatic heterocycles. The molecule has 1 aliphatic rings. The third kappa shape index (κ3) is 2.31. The van der Waals surface area contributed by atoms with E-state index in [-0.39, 0.29) is 11.5 Å². The summed E-state index contributed by atoms with van der Waals surface area (Å²) in [6.45, 7) is 6.79. The van der Waals surface area contributed by atoms with Crippen LogP contribution in [0.1, 0.15) is 40.0 Å². The average Bonchev–Trinajstić information content (AvgIpc) is 2.01. The van der Waals surface area contributed by atoms with Crippen molar-refractivity contribution < 1.29 is 9.53 Å². The van der Waals surface area contributed by atoms with E-state index in [1.807, 2.05) is 6.92 Å². The molecule has 1 heterocycles. The predicted octanol–water partition coefficient (Wildman–Crippen LogP) is 2.17. The molecule has 2 heteroatoms. The van der Waals surface area contributed by atoms with E-state index in [0.29, 0.717) is 12.2 Å². The van der Waals surface area contributed by atoms with Crippen LogP contribution in [0.4, 0.5) is 0 Å². The van der Waals surface area contributed by atoms with Gasteiger partial charge in [-0.15, -0.1) is 0 Å². The van der Waals surface area contributed by atoms with Crippen LogP contribution < -0.4 is 0 Å². The molecule has 0 aromatic rings. The van der Waals surface area contributed by atoms with E-state index in [2.05, 4.69) is 13.8 Å². The second-order valence-corrected chi connectivity index (χ2v) is 4.12. The van der Waals surface area contributed by atoms with Crippen molar-refractivity contribution in [2.75, 3.05) is 6.61 Å². The molecule has 0 radical (unpaired) electrons. The first-order valence-electron chi connectivity index (χ1n) is 4.72. The molecular formula is C10H18O2. The van der Waals surface area contributed by atoms with Crippen LogP contribution in [0.15, 0.2) is 0 Å². The van der Waals surface area contributed by atoms with E-state index in [9.17, 15) is 4.79 Å². The molecule has 1 rings (SSSR count). The largest absolute Gasteiger partial charge is 0.376 e. The molecule has 1 saturated heterocycles. The van der Waals surface area contributed by atoms with E-state index in [1.54, 1.807) is 0 Å². The lowest BCUT2D eigenvalue weighted by molar-refractivity contribution is -0.132. The molecule has 0 saturated carbocycles. The zero-order chi connectivity index (χ0) is 9.19. The summed E-state index contributed by atoms with van der Waals surface area (Å²) in [6, 6.07) is 0. The first kappa shape index (κ1) is 9.72. The van der Waals surface area contributed by atoms with Gasteiger partial charge in [-0.05, 0) is 26.7 Å². The van der Waals surface area contributed by atoms with Gasteiger partial charge in [0.25, 0.3) is 0 Å². The van der Waals surface area contributed by atoms with Crippen LogP contribution in [0, 0.1) is 5.92 Å². The minimum Gasteiger partial charge on any atom is -0.376 e. The van der Waals surface area contributed by atoms with Crippen LogP contribution >= 0.6 is 0 Å². The Kier molecular flexibility index (Phi) is 2.89. The molecule has 0 bridgehead atoms. The molecule has 2 nitrogen and oxygen atoms in total. The fourth-order valence-electron chi connectivity index (χ4n) is 1.80. The molecule has 12 heavy (non-hydrogen) atoms. The normalized spacial score (nSPS) is 28.4. The summed E-state index contributed by atoms with van der Waals surface area (Å²) >= 11 is 0. The van der Waals surface area contributed by atoms with Gasteiger partial charge in [0.2, 0.25) is 0 Å². The molecule has 1 atom stereocenters. The van der Waals surface area contributed by atoms with Crippen LogP contribution in [-0.4, -0.2) is 18.0 Å². The highest BCUT2D eigenvalue weighted by atomic mass is 16.5. The number of ketones is 1. The highest BCUT2D eigenvalue weighted by Crippen LogP contribution is 2.29. The van der Waals surface area contributed by atoms with Crippen LogP contribution in [-0.2, 0) is 9.53 Å². The first-order chi connectivity index (χ1) is 5.55. The summed E-state index contributed by atoms with van der Waals surface area (Å²) in [5.74, 6) is 0.644. The number of ether oxygens (including phenoxy) is 1. The Morgan fingerprint density at radius 2 is 2.25 bits per heavy atom. The van der Waals surface area contributed by atoms with E-state index < -0.39 is 0 Å². The Bertz CT molecular complexity index is 173. The minimum absolute atomic E-state index is 0.0895. The lowest BCUT2D eigenvalue weighted by Crippen LogP contribution is -2.36. The Morgan fingerprint density at radius 3 is 2.75 bits per heavy atom. The topological polar surface area (TPSA) is 26.3 Å². The van der Waals surface area contributed by atoms with Crippen LogP contribution in [0.25, 0.3) is 0 Å². The van der Waals surface area contributed by atoms with Gasteiger partial charge >= 0.3 is 0 Å². The van der Waals surface area contributed by atoms with Crippen molar-refractivity contribution in [2.24, 2.45) is 5.92 Å². The maximum absolute atomic E-state index is 11.4. The maximum Gasteiger partial charge on any atom is 0.135 e. The van der Waals surface area contributed by atoms with Gasteiger partial charge in [0.1, 0.15) is 5.78 Å². The SMILES string of the molecule is CCC(=O)[C@@H]1CCOC(C)(C)C1. The number of hydrogen-bond donors (Lipinski definition) is 0. The number of carbonyl (C=O) groups excluding carboxylic acids is 1. The van der Waals surface area contributed by atoms with Gasteiger partial charge in [-0.1, -0.05) is 6.92 Å². The number of carbonyl (C=O) groups is 1. The zero-order valence-corrected chi connectivity index (χ0v) is 8.22. The summed E-state index contributed by atoms with van der Waals surface area (Å²) in [5.41, 5.74) is -0.0895. The van der Waals surface area contributed by atoms with E-state index in [0.717, 1.165) is 19.4 Å². The predicted molar refractivity (Wildman–Crippen MR) is 48.1 cm³/mol. The molecule has 0 aromatic carbocycles. The van der Waals surface area contributed by atoms with Crippen molar-refractivity contribution in [1.29, 1.82) is 0 Å². The van der Waals surface area contributed by atoms with Crippen molar-refractivity contribution in [3.05, 3.63) is 0 Å². The standard InChI is InChI=1S/C10H18O2/c1-4-9(11)8-5-6-12-10(2,3)7-8/h8H,4-7H2,1-3H3/t8-/m1/s1. The summed E-state index contributed by atoms with van der Waals surface area (Å²) in [5, 5.41) is 0. The lowest BCUT2D eigenvalue weighted by Gasteiger charge is -2.34. The molecule has 0 aromatic heterocycles. The fraction of sp³-hybridized carbons (Fsp3) is 0.900. The van der Waals surface area contributed by atoms with Crippen LogP contribution in [0.5, 0.6) is 0 Å². The Morgan fingerprint density at radius 1 is 1.58 bits per heavy atom. The minimum atomic E-state index is -0.0895. The van der Waals surface area contributed by atoms with Gasteiger partial charge in [0.05, 0.1) is 5.60 Å². The van der Waals surface area contributed by atoms with Gasteiger partial charge in [-0.25, -0.2) is 0 Å². The smallest absolute Gasteiger partial charge is 0.135 e. The molecule has 0 unspecified atom stereocenters. The molecule has 0 aliphatic carbocycles. The van der Waals surface area contributed by atoms with Crippen LogP contribution in [0.2, 0.25) is 0 Å². The third-order valence-electron chi connectivity index (χ3n) is 2.50. The van der Waals surface area contributed by atoms with Crippen molar-refractivity contribution in [3.8, 4) is 0 Å². The van der Waals surface area contributed by atoms with Crippen molar-refractivity contribution >= 4 is 5.78 Å². The van der Waals surface area contributed by atoms with Gasteiger partial charge in [-0.3, -0.25) is 4.79 Å². The summed E-state index contributed by atoms with van der Waals surface area (Å²) in [7, 11) is 0. The average molecular weight is 170 g/mol. The van der Waals surface area contributed by atoms with Crippen molar-refractivity contribution in [1.82, 2.24) is 0 Å². The quantitative estimate of drug-likeness (QED) is 0.635. The lowest BCUT2D eigenvalue weighted by atomic mass is 9.85. The number of Topliss-reactive ketones (excluding diaryl/α,β-unsaturated/α-hetero) is 1. The summed E-state index contributed by atoms with van der Waals surface area (Å²) in [6.07, 6.45) is 2.47. The fourth-order valence-corrected chi connectivity index (χ4v) is 1.80. The van der Waals surface area contributed by atoms with Gasteiger partial charge in [0, 0.05) is 18.9 Å². The maximum atomic E-state index is 11.4. The number of rotatable bonds is 2. The summed E-state index contributed by atoms with van der Waals surface area (Å²) < 4.78 is 5.54. The molecule has 0 amide bonds.